The van der Waals surface area contributed by atoms with Crippen LogP contribution < -0.4 is 10.9 Å². The van der Waals surface area contributed by atoms with Crippen LogP contribution in [0.5, 0.6) is 0 Å². The van der Waals surface area contributed by atoms with E-state index in [9.17, 15) is 19.5 Å². The lowest BCUT2D eigenvalue weighted by Crippen LogP contribution is -2.37. The van der Waals surface area contributed by atoms with Crippen LogP contribution in [0, 0.1) is 0 Å². The zero-order chi connectivity index (χ0) is 23.6. The third kappa shape index (κ3) is 4.94. The third-order valence-electron chi connectivity index (χ3n) is 5.04. The maximum Gasteiger partial charge on any atom is 0.407 e. The highest BCUT2D eigenvalue weighted by Crippen LogP contribution is 2.30. The molecular weight excluding hydrogens is 418 g/mol. The maximum absolute atomic E-state index is 13.1. The van der Waals surface area contributed by atoms with Gasteiger partial charge in [-0.3, -0.25) is 14.5 Å². The molecule has 2 aromatic rings. The van der Waals surface area contributed by atoms with Crippen LogP contribution >= 0.6 is 0 Å². The van der Waals surface area contributed by atoms with Crippen LogP contribution in [0.25, 0.3) is 5.65 Å². The highest BCUT2D eigenvalue weighted by Gasteiger charge is 2.35. The zero-order valence-electron chi connectivity index (χ0n) is 19.2. The largest absolute Gasteiger partial charge is 0.465 e. The third-order valence-corrected chi connectivity index (χ3v) is 5.04. The number of aliphatic hydroxyl groups is 1. The standard InChI is InChI=1S/C21H31N5O6/c1-6-13-10-15-25(12-16(27)31-7-2)17-14(18(28)26(15)23-13)11-24(19(17)29)9-8-22-20(30)32-21(3,4)5/h10,19,29H,6-9,11-12H2,1-5H3,(H,22,30). The van der Waals surface area contributed by atoms with Crippen molar-refractivity contribution in [3.05, 3.63) is 33.4 Å². The number of carbonyl (C=O) groups is 2. The van der Waals surface area contributed by atoms with Gasteiger partial charge in [-0.05, 0) is 34.1 Å². The summed E-state index contributed by atoms with van der Waals surface area (Å²) in [4.78, 5) is 38.9. The second-order valence-corrected chi connectivity index (χ2v) is 8.59. The van der Waals surface area contributed by atoms with Crippen LogP contribution in [0.2, 0.25) is 0 Å². The smallest absolute Gasteiger partial charge is 0.407 e. The van der Waals surface area contributed by atoms with Gasteiger partial charge in [0, 0.05) is 25.7 Å². The summed E-state index contributed by atoms with van der Waals surface area (Å²) in [5.74, 6) is -0.475. The van der Waals surface area contributed by atoms with Gasteiger partial charge in [0.2, 0.25) is 0 Å². The zero-order valence-corrected chi connectivity index (χ0v) is 19.2. The number of rotatable bonds is 7. The van der Waals surface area contributed by atoms with Gasteiger partial charge in [-0.2, -0.15) is 9.61 Å². The lowest BCUT2D eigenvalue weighted by atomic mass is 10.2. The van der Waals surface area contributed by atoms with Gasteiger partial charge in [0.15, 0.2) is 0 Å². The molecule has 1 aliphatic heterocycles. The Hall–Kier alpha value is -2.92. The van der Waals surface area contributed by atoms with Gasteiger partial charge < -0.3 is 24.5 Å². The first-order chi connectivity index (χ1) is 15.1. The van der Waals surface area contributed by atoms with Crippen molar-refractivity contribution in [3.63, 3.8) is 0 Å². The molecule has 11 nitrogen and oxygen atoms in total. The molecule has 0 spiro atoms. The molecule has 2 aromatic heterocycles. The number of aliphatic hydroxyl groups excluding tert-OH is 1. The second-order valence-electron chi connectivity index (χ2n) is 8.59. The molecule has 2 N–H and O–H groups in total. The molecule has 11 heteroatoms. The van der Waals surface area contributed by atoms with Crippen molar-refractivity contribution >= 4 is 17.7 Å². The fourth-order valence-corrected chi connectivity index (χ4v) is 3.68. The quantitative estimate of drug-likeness (QED) is 0.598. The molecule has 0 saturated heterocycles. The van der Waals surface area contributed by atoms with Gasteiger partial charge in [-0.1, -0.05) is 6.92 Å². The molecule has 1 aliphatic rings. The highest BCUT2D eigenvalue weighted by molar-refractivity contribution is 5.70. The van der Waals surface area contributed by atoms with Gasteiger partial charge >= 0.3 is 12.1 Å². The number of alkyl carbamates (subject to hydrolysis) is 1. The minimum atomic E-state index is -1.13. The molecule has 176 valence electrons. The number of hydrogen-bond acceptors (Lipinski definition) is 8. The highest BCUT2D eigenvalue weighted by atomic mass is 16.6. The first kappa shape index (κ1) is 23.7. The van der Waals surface area contributed by atoms with Crippen LogP contribution in [0.1, 0.15) is 57.8 Å². The number of aryl methyl sites for hydroxylation is 1. The minimum Gasteiger partial charge on any atom is -0.465 e. The molecular formula is C21H31N5O6. The number of carbonyl (C=O) groups excluding carboxylic acids is 2. The molecule has 1 amide bonds. The van der Waals surface area contributed by atoms with Gasteiger partial charge in [0.1, 0.15) is 24.0 Å². The molecule has 0 aromatic carbocycles. The van der Waals surface area contributed by atoms with Crippen LogP contribution in [0.4, 0.5) is 4.79 Å². The molecule has 1 atom stereocenters. The summed E-state index contributed by atoms with van der Waals surface area (Å²) >= 11 is 0. The van der Waals surface area contributed by atoms with E-state index in [2.05, 4.69) is 10.4 Å². The van der Waals surface area contributed by atoms with E-state index in [1.165, 1.54) is 4.52 Å². The molecule has 32 heavy (non-hydrogen) atoms. The number of ether oxygens (including phenoxy) is 2. The van der Waals surface area contributed by atoms with Gasteiger partial charge in [0.05, 0.1) is 23.6 Å². The first-order valence-corrected chi connectivity index (χ1v) is 10.7. The summed E-state index contributed by atoms with van der Waals surface area (Å²) in [5.41, 5.74) is 0.877. The van der Waals surface area contributed by atoms with E-state index in [0.717, 1.165) is 0 Å². The number of hydrogen-bond donors (Lipinski definition) is 2. The Morgan fingerprint density at radius 2 is 2.03 bits per heavy atom. The van der Waals surface area contributed by atoms with E-state index in [1.54, 1.807) is 43.2 Å². The van der Waals surface area contributed by atoms with E-state index < -0.39 is 23.9 Å². The minimum absolute atomic E-state index is 0.157. The van der Waals surface area contributed by atoms with Crippen LogP contribution in [0.3, 0.4) is 0 Å². The predicted molar refractivity (Wildman–Crippen MR) is 115 cm³/mol. The molecule has 0 fully saturated rings. The van der Waals surface area contributed by atoms with E-state index in [0.29, 0.717) is 29.0 Å². The summed E-state index contributed by atoms with van der Waals surface area (Å²) in [6.07, 6.45) is -1.07. The van der Waals surface area contributed by atoms with Gasteiger partial charge in [0.25, 0.3) is 5.56 Å². The lowest BCUT2D eigenvalue weighted by molar-refractivity contribution is -0.143. The normalized spacial score (nSPS) is 16.2. The van der Waals surface area contributed by atoms with Crippen molar-refractivity contribution in [3.8, 4) is 0 Å². The average Bonchev–Trinajstić information content (AvgIpc) is 3.26. The molecule has 3 heterocycles. The number of amides is 1. The molecule has 3 rings (SSSR count). The van der Waals surface area contributed by atoms with Crippen molar-refractivity contribution in [1.82, 2.24) is 24.4 Å². The van der Waals surface area contributed by atoms with Crippen molar-refractivity contribution < 1.29 is 24.2 Å². The van der Waals surface area contributed by atoms with Crippen LogP contribution in [-0.2, 0) is 33.8 Å². The summed E-state index contributed by atoms with van der Waals surface area (Å²) in [7, 11) is 0. The van der Waals surface area contributed by atoms with Gasteiger partial charge in [-0.15, -0.1) is 0 Å². The molecule has 0 aliphatic carbocycles. The summed E-state index contributed by atoms with van der Waals surface area (Å²) in [6, 6.07) is 1.74. The Balaban J connectivity index is 1.87. The van der Waals surface area contributed by atoms with Crippen LogP contribution in [0.15, 0.2) is 10.9 Å². The summed E-state index contributed by atoms with van der Waals surface area (Å²) in [5, 5.41) is 18.0. The van der Waals surface area contributed by atoms with Crippen LogP contribution in [-0.4, -0.2) is 61.5 Å². The van der Waals surface area contributed by atoms with E-state index in [1.807, 2.05) is 6.92 Å². The maximum atomic E-state index is 13.1. The van der Waals surface area contributed by atoms with E-state index >= 15 is 0 Å². The van der Waals surface area contributed by atoms with Crippen molar-refractivity contribution in [1.29, 1.82) is 0 Å². The molecule has 0 radical (unpaired) electrons. The first-order valence-electron chi connectivity index (χ1n) is 10.7. The van der Waals surface area contributed by atoms with E-state index in [-0.39, 0.29) is 38.3 Å². The second kappa shape index (κ2) is 9.29. The Morgan fingerprint density at radius 1 is 1.31 bits per heavy atom. The Bertz CT molecular complexity index is 1070. The van der Waals surface area contributed by atoms with Gasteiger partial charge in [-0.25, -0.2) is 4.79 Å². The number of esters is 1. The van der Waals surface area contributed by atoms with E-state index in [4.69, 9.17) is 9.47 Å². The van der Waals surface area contributed by atoms with Crippen molar-refractivity contribution in [2.45, 2.75) is 66.0 Å². The van der Waals surface area contributed by atoms with Crippen molar-refractivity contribution in [2.24, 2.45) is 0 Å². The molecule has 1 unspecified atom stereocenters. The Labute approximate surface area is 185 Å². The Kier molecular flexibility index (Phi) is 6.89. The SMILES string of the molecule is CCOC(=O)Cn1c2c(c(=O)n3nc(CC)cc13)CN(CCNC(=O)OC(C)(C)C)C2O. The fraction of sp³-hybridized carbons (Fsp3) is 0.619. The fourth-order valence-electron chi connectivity index (χ4n) is 3.68. The number of aromatic nitrogens is 3. The summed E-state index contributed by atoms with van der Waals surface area (Å²) < 4.78 is 13.2. The monoisotopic (exact) mass is 449 g/mol. The number of fused-ring (bicyclic) bond motifs is 2. The number of nitrogens with zero attached hydrogens (tertiary/aromatic N) is 4. The Morgan fingerprint density at radius 3 is 2.66 bits per heavy atom. The van der Waals surface area contributed by atoms with Crippen molar-refractivity contribution in [2.75, 3.05) is 19.7 Å². The molecule has 0 saturated carbocycles. The number of nitrogens with one attached hydrogen (secondary N) is 1. The topological polar surface area (TPSA) is 127 Å². The summed E-state index contributed by atoms with van der Waals surface area (Å²) in [6.45, 7) is 9.65. The average molecular weight is 450 g/mol. The lowest BCUT2D eigenvalue weighted by Gasteiger charge is -2.23. The molecule has 0 bridgehead atoms. The predicted octanol–water partition coefficient (Wildman–Crippen LogP) is 0.953.